The van der Waals surface area contributed by atoms with Gasteiger partial charge in [0.05, 0.1) is 5.56 Å². The first-order valence-corrected chi connectivity index (χ1v) is 6.02. The van der Waals surface area contributed by atoms with Crippen molar-refractivity contribution in [2.45, 2.75) is 6.92 Å². The molecule has 2 rings (SSSR count). The number of halogens is 2. The van der Waals surface area contributed by atoms with E-state index < -0.39 is 5.91 Å². The van der Waals surface area contributed by atoms with Gasteiger partial charge in [-0.1, -0.05) is 23.2 Å². The van der Waals surface area contributed by atoms with E-state index in [1.165, 1.54) is 18.2 Å². The van der Waals surface area contributed by atoms with Crippen molar-refractivity contribution in [1.82, 2.24) is 9.97 Å². The summed E-state index contributed by atoms with van der Waals surface area (Å²) in [5.41, 5.74) is 0.652. The summed E-state index contributed by atoms with van der Waals surface area (Å²) in [4.78, 5) is 19.8. The van der Waals surface area contributed by atoms with Crippen LogP contribution in [0.1, 0.15) is 16.1 Å². The van der Waals surface area contributed by atoms with E-state index in [1.54, 1.807) is 13.0 Å². The van der Waals surface area contributed by atoms with Gasteiger partial charge in [0.15, 0.2) is 0 Å². The summed E-state index contributed by atoms with van der Waals surface area (Å²) in [6, 6.07) is 5.73. The molecule has 98 valence electrons. The summed E-state index contributed by atoms with van der Waals surface area (Å²) in [5, 5.41) is 12.6. The number of rotatable bonds is 2. The molecule has 19 heavy (non-hydrogen) atoms. The number of benzene rings is 1. The van der Waals surface area contributed by atoms with E-state index in [4.69, 9.17) is 23.2 Å². The predicted octanol–water partition coefficient (Wildman–Crippen LogP) is 3.05. The molecule has 1 aromatic heterocycles. The van der Waals surface area contributed by atoms with Crippen molar-refractivity contribution in [3.63, 3.8) is 0 Å². The van der Waals surface area contributed by atoms with Crippen LogP contribution in [-0.4, -0.2) is 21.0 Å². The molecule has 1 amide bonds. The van der Waals surface area contributed by atoms with Gasteiger partial charge in [-0.25, -0.2) is 9.97 Å². The monoisotopic (exact) mass is 297 g/mol. The molecule has 0 aliphatic rings. The lowest BCUT2D eigenvalue weighted by Crippen LogP contribution is -2.14. The van der Waals surface area contributed by atoms with Gasteiger partial charge >= 0.3 is 0 Å². The van der Waals surface area contributed by atoms with E-state index in [2.05, 4.69) is 15.3 Å². The number of nitrogens with one attached hydrogen (secondary N) is 1. The van der Waals surface area contributed by atoms with E-state index in [9.17, 15) is 9.90 Å². The summed E-state index contributed by atoms with van der Waals surface area (Å²) >= 11 is 11.5. The van der Waals surface area contributed by atoms with Gasteiger partial charge in [0.2, 0.25) is 5.95 Å². The number of hydrogen-bond acceptors (Lipinski definition) is 4. The fraction of sp³-hybridized carbons (Fsp3) is 0.0833. The molecule has 0 bridgehead atoms. The molecule has 0 saturated heterocycles. The lowest BCUT2D eigenvalue weighted by atomic mass is 10.2. The van der Waals surface area contributed by atoms with Crippen molar-refractivity contribution in [3.8, 4) is 5.75 Å². The number of carbonyl (C=O) groups excluding carboxylic acids is 1. The Bertz CT molecular complexity index is 627. The van der Waals surface area contributed by atoms with Crippen molar-refractivity contribution >= 4 is 35.1 Å². The minimum absolute atomic E-state index is 0.0359. The maximum Gasteiger partial charge on any atom is 0.261 e. The lowest BCUT2D eigenvalue weighted by Gasteiger charge is -2.06. The minimum atomic E-state index is -0.568. The van der Waals surface area contributed by atoms with Gasteiger partial charge in [0.25, 0.3) is 5.91 Å². The van der Waals surface area contributed by atoms with Crippen LogP contribution in [0.15, 0.2) is 24.3 Å². The first-order chi connectivity index (χ1) is 8.95. The first-order valence-electron chi connectivity index (χ1n) is 5.27. The van der Waals surface area contributed by atoms with Crippen LogP contribution < -0.4 is 5.32 Å². The number of anilines is 1. The second-order valence-corrected chi connectivity index (χ2v) is 4.59. The normalized spacial score (nSPS) is 10.3. The average molecular weight is 298 g/mol. The number of phenolic OH excluding ortho intramolecular Hbond substituents is 1. The van der Waals surface area contributed by atoms with Gasteiger partial charge in [-0.05, 0) is 31.2 Å². The Morgan fingerprint density at radius 1 is 1.26 bits per heavy atom. The summed E-state index contributed by atoms with van der Waals surface area (Å²) in [7, 11) is 0. The highest BCUT2D eigenvalue weighted by Gasteiger charge is 2.13. The highest BCUT2D eigenvalue weighted by atomic mass is 35.5. The third-order valence-corrected chi connectivity index (χ3v) is 2.68. The second kappa shape index (κ2) is 5.42. The topological polar surface area (TPSA) is 75.1 Å². The lowest BCUT2D eigenvalue weighted by molar-refractivity contribution is 0.102. The number of nitrogens with zero attached hydrogens (tertiary/aromatic N) is 2. The smallest absolute Gasteiger partial charge is 0.261 e. The zero-order valence-corrected chi connectivity index (χ0v) is 11.3. The number of amides is 1. The number of aromatic hydroxyl groups is 1. The van der Waals surface area contributed by atoms with E-state index in [0.717, 1.165) is 0 Å². The summed E-state index contributed by atoms with van der Waals surface area (Å²) in [5.74, 6) is -0.684. The summed E-state index contributed by atoms with van der Waals surface area (Å²) < 4.78 is 0. The van der Waals surface area contributed by atoms with E-state index in [1.807, 2.05) is 0 Å². The van der Waals surface area contributed by atoms with Gasteiger partial charge in [-0.2, -0.15) is 0 Å². The van der Waals surface area contributed by atoms with Crippen LogP contribution >= 0.6 is 23.2 Å². The maximum atomic E-state index is 12.0. The molecule has 1 aromatic carbocycles. The van der Waals surface area contributed by atoms with Crippen LogP contribution in [0, 0.1) is 6.92 Å². The quantitative estimate of drug-likeness (QED) is 0.836. The van der Waals surface area contributed by atoms with Gasteiger partial charge in [0.1, 0.15) is 10.9 Å². The second-order valence-electron chi connectivity index (χ2n) is 3.77. The molecule has 0 fully saturated rings. The fourth-order valence-electron chi connectivity index (χ4n) is 1.45. The molecule has 1 heterocycles. The fourth-order valence-corrected chi connectivity index (χ4v) is 1.86. The van der Waals surface area contributed by atoms with Crippen LogP contribution in [-0.2, 0) is 0 Å². The first kappa shape index (κ1) is 13.6. The van der Waals surface area contributed by atoms with Gasteiger partial charge in [-0.15, -0.1) is 0 Å². The molecule has 0 aliphatic heterocycles. The number of phenols is 1. The molecule has 0 unspecified atom stereocenters. The molecule has 0 radical (unpaired) electrons. The van der Waals surface area contributed by atoms with Crippen molar-refractivity contribution in [1.29, 1.82) is 0 Å². The minimum Gasteiger partial charge on any atom is -0.507 e. The Morgan fingerprint density at radius 3 is 2.68 bits per heavy atom. The highest BCUT2D eigenvalue weighted by Crippen LogP contribution is 2.22. The van der Waals surface area contributed by atoms with Crippen molar-refractivity contribution in [3.05, 3.63) is 45.7 Å². The molecular weight excluding hydrogens is 289 g/mol. The van der Waals surface area contributed by atoms with E-state index >= 15 is 0 Å². The van der Waals surface area contributed by atoms with E-state index in [0.29, 0.717) is 10.7 Å². The number of aryl methyl sites for hydroxylation is 1. The van der Waals surface area contributed by atoms with Crippen LogP contribution in [0.5, 0.6) is 5.75 Å². The SMILES string of the molecule is Cc1cc(Cl)nc(NC(=O)c2cc(Cl)ccc2O)n1. The molecule has 0 spiro atoms. The molecule has 0 saturated carbocycles. The van der Waals surface area contributed by atoms with Crippen molar-refractivity contribution < 1.29 is 9.90 Å². The molecule has 5 nitrogen and oxygen atoms in total. The predicted molar refractivity (Wildman–Crippen MR) is 72.8 cm³/mol. The number of carbonyl (C=O) groups is 1. The summed E-state index contributed by atoms with van der Waals surface area (Å²) in [6.07, 6.45) is 0. The summed E-state index contributed by atoms with van der Waals surface area (Å²) in [6.45, 7) is 1.72. The van der Waals surface area contributed by atoms with Gasteiger partial charge in [0, 0.05) is 10.7 Å². The number of aromatic nitrogens is 2. The van der Waals surface area contributed by atoms with Crippen LogP contribution in [0.2, 0.25) is 10.2 Å². The molecule has 0 aliphatic carbocycles. The third-order valence-electron chi connectivity index (χ3n) is 2.25. The van der Waals surface area contributed by atoms with Crippen LogP contribution in [0.4, 0.5) is 5.95 Å². The highest BCUT2D eigenvalue weighted by molar-refractivity contribution is 6.31. The van der Waals surface area contributed by atoms with Crippen molar-refractivity contribution in [2.75, 3.05) is 5.32 Å². The Labute approximate surface area is 119 Å². The number of hydrogen-bond donors (Lipinski definition) is 2. The van der Waals surface area contributed by atoms with Gasteiger partial charge in [-0.3, -0.25) is 10.1 Å². The Balaban J connectivity index is 2.28. The zero-order chi connectivity index (χ0) is 14.0. The maximum absolute atomic E-state index is 12.0. The molecule has 2 N–H and O–H groups in total. The Kier molecular flexibility index (Phi) is 3.87. The van der Waals surface area contributed by atoms with Crippen LogP contribution in [0.25, 0.3) is 0 Å². The molecule has 7 heteroatoms. The van der Waals surface area contributed by atoms with Crippen molar-refractivity contribution in [2.24, 2.45) is 0 Å². The molecule has 0 atom stereocenters. The molecular formula is C12H9Cl2N3O2. The average Bonchev–Trinajstić information content (AvgIpc) is 2.30. The Hall–Kier alpha value is -1.85. The van der Waals surface area contributed by atoms with Gasteiger partial charge < -0.3 is 5.11 Å². The Morgan fingerprint density at radius 2 is 2.00 bits per heavy atom. The van der Waals surface area contributed by atoms with E-state index in [-0.39, 0.29) is 22.4 Å². The third kappa shape index (κ3) is 3.33. The van der Waals surface area contributed by atoms with Crippen LogP contribution in [0.3, 0.4) is 0 Å². The standard InChI is InChI=1S/C12H9Cl2N3O2/c1-6-4-10(14)16-12(15-6)17-11(19)8-5-7(13)2-3-9(8)18/h2-5,18H,1H3,(H,15,16,17,19). The molecule has 2 aromatic rings. The largest absolute Gasteiger partial charge is 0.507 e. The zero-order valence-electron chi connectivity index (χ0n) is 9.82.